The predicted molar refractivity (Wildman–Crippen MR) is 75.0 cm³/mol. The third kappa shape index (κ3) is 6.00. The quantitative estimate of drug-likeness (QED) is 0.345. The van der Waals surface area contributed by atoms with E-state index >= 15 is 0 Å². The molecule has 1 unspecified atom stereocenters. The highest BCUT2D eigenvalue weighted by molar-refractivity contribution is 7.72. The van der Waals surface area contributed by atoms with Crippen molar-refractivity contribution >= 4 is 21.1 Å². The Hall–Kier alpha value is -0.530. The predicted octanol–water partition coefficient (Wildman–Crippen LogP) is 0.444. The minimum atomic E-state index is -5.47. The molecule has 0 aliphatic heterocycles. The largest absolute Gasteiger partial charge is 0.369 e. The van der Waals surface area contributed by atoms with Gasteiger partial charge in [0.15, 0.2) is 0 Å². The van der Waals surface area contributed by atoms with Crippen molar-refractivity contribution in [1.29, 1.82) is 0 Å². The third-order valence-corrected chi connectivity index (χ3v) is 6.71. The Balaban J connectivity index is 4.74. The summed E-state index contributed by atoms with van der Waals surface area (Å²) in [6.07, 6.45) is 1.90. The Kier molecular flexibility index (Phi) is 7.45. The standard InChI is InChI=1S/C10H21NO8P2/c1-3-8(2)7-9(12)11-6-4-5-10(13,20(14,15)16)21(17,18)19/h4,6,8,13H,3,5,7H2,1-2H3,(H,11,12)(H2,14,15,16)(H2,17,18,19)/b6-4+. The summed E-state index contributed by atoms with van der Waals surface area (Å²) in [5.74, 6) is -0.197. The van der Waals surface area contributed by atoms with E-state index in [1.807, 2.05) is 13.8 Å². The molecule has 1 atom stereocenters. The second kappa shape index (κ2) is 7.65. The van der Waals surface area contributed by atoms with Crippen molar-refractivity contribution in [3.8, 4) is 0 Å². The molecular weight excluding hydrogens is 324 g/mol. The summed E-state index contributed by atoms with van der Waals surface area (Å²) in [5.41, 5.74) is 0. The number of rotatable bonds is 8. The van der Waals surface area contributed by atoms with Crippen LogP contribution in [0.5, 0.6) is 0 Å². The molecular formula is C10H21NO8P2. The first-order valence-electron chi connectivity index (χ1n) is 6.13. The van der Waals surface area contributed by atoms with E-state index in [2.05, 4.69) is 5.32 Å². The van der Waals surface area contributed by atoms with Gasteiger partial charge in [0.05, 0.1) is 0 Å². The summed E-state index contributed by atoms with van der Waals surface area (Å²) in [4.78, 5) is 46.9. The number of nitrogens with one attached hydrogen (secondary N) is 1. The van der Waals surface area contributed by atoms with Crippen LogP contribution >= 0.6 is 15.2 Å². The van der Waals surface area contributed by atoms with Gasteiger partial charge < -0.3 is 30.0 Å². The highest BCUT2D eigenvalue weighted by Crippen LogP contribution is 2.68. The molecule has 9 nitrogen and oxygen atoms in total. The second-order valence-electron chi connectivity index (χ2n) is 4.75. The molecule has 0 aromatic carbocycles. The molecule has 0 spiro atoms. The summed E-state index contributed by atoms with van der Waals surface area (Å²) >= 11 is 0. The maximum atomic E-state index is 11.4. The molecule has 0 fully saturated rings. The Labute approximate surface area is 122 Å². The summed E-state index contributed by atoms with van der Waals surface area (Å²) in [6, 6.07) is 0. The fourth-order valence-corrected chi connectivity index (χ4v) is 3.34. The normalized spacial score (nSPS) is 15.2. The molecule has 6 N–H and O–H groups in total. The lowest BCUT2D eigenvalue weighted by molar-refractivity contribution is -0.121. The lowest BCUT2D eigenvalue weighted by Crippen LogP contribution is -2.28. The zero-order chi connectivity index (χ0) is 16.9. The van der Waals surface area contributed by atoms with Crippen molar-refractivity contribution in [2.75, 3.05) is 0 Å². The zero-order valence-corrected chi connectivity index (χ0v) is 13.5. The first kappa shape index (κ1) is 20.5. The van der Waals surface area contributed by atoms with Gasteiger partial charge in [-0.1, -0.05) is 26.3 Å². The molecule has 21 heavy (non-hydrogen) atoms. The van der Waals surface area contributed by atoms with E-state index in [9.17, 15) is 19.0 Å². The van der Waals surface area contributed by atoms with Crippen LogP contribution in [0.3, 0.4) is 0 Å². The molecule has 0 heterocycles. The van der Waals surface area contributed by atoms with Gasteiger partial charge in [-0.3, -0.25) is 13.9 Å². The Morgan fingerprint density at radius 1 is 1.24 bits per heavy atom. The van der Waals surface area contributed by atoms with Gasteiger partial charge in [0, 0.05) is 12.8 Å². The fraction of sp³-hybridized carbons (Fsp3) is 0.700. The zero-order valence-electron chi connectivity index (χ0n) is 11.7. The van der Waals surface area contributed by atoms with Gasteiger partial charge >= 0.3 is 15.2 Å². The first-order chi connectivity index (χ1) is 9.35. The minimum Gasteiger partial charge on any atom is -0.367 e. The lowest BCUT2D eigenvalue weighted by atomic mass is 10.1. The maximum Gasteiger partial charge on any atom is 0.369 e. The Morgan fingerprint density at radius 3 is 2.10 bits per heavy atom. The average molecular weight is 345 g/mol. The summed E-state index contributed by atoms with van der Waals surface area (Å²) in [6.45, 7) is 3.78. The van der Waals surface area contributed by atoms with E-state index < -0.39 is 26.7 Å². The molecule has 0 rings (SSSR count). The van der Waals surface area contributed by atoms with E-state index in [1.165, 1.54) is 0 Å². The molecule has 0 bridgehead atoms. The van der Waals surface area contributed by atoms with Crippen molar-refractivity contribution in [3.05, 3.63) is 12.3 Å². The lowest BCUT2D eigenvalue weighted by Gasteiger charge is -2.27. The van der Waals surface area contributed by atoms with Crippen LogP contribution in [0.4, 0.5) is 0 Å². The third-order valence-electron chi connectivity index (χ3n) is 2.92. The summed E-state index contributed by atoms with van der Waals surface area (Å²) < 4.78 is 22.1. The molecule has 0 saturated heterocycles. The van der Waals surface area contributed by atoms with Crippen molar-refractivity contribution < 1.29 is 38.6 Å². The highest BCUT2D eigenvalue weighted by atomic mass is 31.2. The molecule has 11 heteroatoms. The number of carbonyl (C=O) groups excluding carboxylic acids is 1. The van der Waals surface area contributed by atoms with Crippen LogP contribution in [0.25, 0.3) is 0 Å². The van der Waals surface area contributed by atoms with E-state index in [-0.39, 0.29) is 18.2 Å². The molecule has 0 aromatic heterocycles. The molecule has 0 aliphatic rings. The van der Waals surface area contributed by atoms with Crippen molar-refractivity contribution in [2.45, 2.75) is 38.2 Å². The SMILES string of the molecule is CCC(C)CC(=O)N/C=C/CC(O)(P(=O)(O)O)P(=O)(O)O. The van der Waals surface area contributed by atoms with Crippen LogP contribution in [0, 0.1) is 5.92 Å². The molecule has 124 valence electrons. The summed E-state index contributed by atoms with van der Waals surface area (Å²) in [7, 11) is -10.9. The van der Waals surface area contributed by atoms with Crippen LogP contribution in [0.15, 0.2) is 12.3 Å². The summed E-state index contributed by atoms with van der Waals surface area (Å²) in [5, 5.41) is 8.33. The van der Waals surface area contributed by atoms with E-state index in [0.717, 1.165) is 18.7 Å². The number of amides is 1. The number of carbonyl (C=O) groups is 1. The van der Waals surface area contributed by atoms with E-state index in [4.69, 9.17) is 19.6 Å². The number of aliphatic hydroxyl groups is 1. The Morgan fingerprint density at radius 2 is 1.71 bits per heavy atom. The second-order valence-corrected chi connectivity index (χ2v) is 8.76. The van der Waals surface area contributed by atoms with Crippen LogP contribution in [0.1, 0.15) is 33.1 Å². The van der Waals surface area contributed by atoms with Gasteiger partial charge in [-0.05, 0) is 12.1 Å². The molecule has 0 saturated carbocycles. The van der Waals surface area contributed by atoms with Gasteiger partial charge in [0.2, 0.25) is 5.91 Å². The van der Waals surface area contributed by atoms with Gasteiger partial charge in [-0.15, -0.1) is 0 Å². The molecule has 0 aromatic rings. The first-order valence-corrected chi connectivity index (χ1v) is 9.35. The minimum absolute atomic E-state index is 0.153. The van der Waals surface area contributed by atoms with Crippen LogP contribution in [-0.4, -0.2) is 35.7 Å². The van der Waals surface area contributed by atoms with E-state index in [0.29, 0.717) is 0 Å². The van der Waals surface area contributed by atoms with Gasteiger partial charge in [-0.2, -0.15) is 0 Å². The van der Waals surface area contributed by atoms with Crippen molar-refractivity contribution in [1.82, 2.24) is 5.32 Å². The smallest absolute Gasteiger partial charge is 0.367 e. The molecule has 1 amide bonds. The van der Waals surface area contributed by atoms with E-state index in [1.54, 1.807) is 0 Å². The average Bonchev–Trinajstić information content (AvgIpc) is 2.31. The monoisotopic (exact) mass is 345 g/mol. The Bertz CT molecular complexity index is 457. The number of hydrogen-bond acceptors (Lipinski definition) is 4. The van der Waals surface area contributed by atoms with Crippen LogP contribution in [0.2, 0.25) is 0 Å². The van der Waals surface area contributed by atoms with Gasteiger partial charge in [-0.25, -0.2) is 0 Å². The maximum absolute atomic E-state index is 11.4. The molecule has 0 radical (unpaired) electrons. The van der Waals surface area contributed by atoms with Crippen LogP contribution < -0.4 is 5.32 Å². The van der Waals surface area contributed by atoms with Crippen molar-refractivity contribution in [3.63, 3.8) is 0 Å². The topological polar surface area (TPSA) is 164 Å². The van der Waals surface area contributed by atoms with Crippen LogP contribution in [-0.2, 0) is 13.9 Å². The van der Waals surface area contributed by atoms with Crippen molar-refractivity contribution in [2.24, 2.45) is 5.92 Å². The number of hydrogen-bond donors (Lipinski definition) is 6. The fourth-order valence-electron chi connectivity index (χ4n) is 1.30. The molecule has 0 aliphatic carbocycles. The van der Waals surface area contributed by atoms with Gasteiger partial charge in [0.25, 0.3) is 5.08 Å². The van der Waals surface area contributed by atoms with Gasteiger partial charge in [0.1, 0.15) is 0 Å². The highest BCUT2D eigenvalue weighted by Gasteiger charge is 2.58.